The van der Waals surface area contributed by atoms with Crippen molar-refractivity contribution in [3.8, 4) is 5.75 Å². The van der Waals surface area contributed by atoms with Crippen molar-refractivity contribution in [3.63, 3.8) is 0 Å². The highest BCUT2D eigenvalue weighted by molar-refractivity contribution is 6.04. The Labute approximate surface area is 104 Å². The van der Waals surface area contributed by atoms with E-state index in [-0.39, 0.29) is 17.7 Å². The van der Waals surface area contributed by atoms with Crippen LogP contribution >= 0.6 is 0 Å². The molecule has 0 fully saturated rings. The van der Waals surface area contributed by atoms with Gasteiger partial charge in [0.2, 0.25) is 0 Å². The molecule has 0 saturated heterocycles. The van der Waals surface area contributed by atoms with Gasteiger partial charge >= 0.3 is 0 Å². The second kappa shape index (κ2) is 4.07. The summed E-state index contributed by atoms with van der Waals surface area (Å²) in [5.74, 6) is 0.140. The molecule has 3 rings (SSSR count). The number of phenols is 1. The Morgan fingerprint density at radius 1 is 1.06 bits per heavy atom. The van der Waals surface area contributed by atoms with Crippen molar-refractivity contribution < 1.29 is 9.90 Å². The first-order valence-corrected chi connectivity index (χ1v) is 5.69. The predicted molar refractivity (Wildman–Crippen MR) is 69.5 cm³/mol. The molecule has 0 saturated carbocycles. The molecular weight excluding hydrogens is 228 g/mol. The molecule has 1 aliphatic rings. The van der Waals surface area contributed by atoms with Crippen LogP contribution in [0.25, 0.3) is 0 Å². The van der Waals surface area contributed by atoms with E-state index in [1.165, 1.54) is 0 Å². The van der Waals surface area contributed by atoms with E-state index in [1.54, 1.807) is 24.3 Å². The summed E-state index contributed by atoms with van der Waals surface area (Å²) in [6.45, 7) is 0. The number of nitrogens with one attached hydrogen (secondary N) is 2. The van der Waals surface area contributed by atoms with Gasteiger partial charge in [-0.1, -0.05) is 18.2 Å². The minimum absolute atomic E-state index is 0.0655. The van der Waals surface area contributed by atoms with Crippen LogP contribution in [0.4, 0.5) is 11.4 Å². The van der Waals surface area contributed by atoms with Crippen molar-refractivity contribution >= 4 is 17.3 Å². The number of anilines is 2. The summed E-state index contributed by atoms with van der Waals surface area (Å²) in [5, 5.41) is 15.2. The van der Waals surface area contributed by atoms with E-state index >= 15 is 0 Å². The number of phenolic OH excluding ortho intramolecular Hbond substituents is 1. The number of carbonyl (C=O) groups is 1. The first-order chi connectivity index (χ1) is 8.74. The van der Waals surface area contributed by atoms with Gasteiger partial charge in [0.15, 0.2) is 0 Å². The molecular formula is C14H12N2O2. The lowest BCUT2D eigenvalue weighted by molar-refractivity contribution is -0.116. The minimum atomic E-state index is -0.384. The number of fused-ring (bicyclic) bond motifs is 1. The van der Waals surface area contributed by atoms with Gasteiger partial charge in [-0.25, -0.2) is 0 Å². The molecule has 2 aromatic rings. The maximum absolute atomic E-state index is 11.9. The summed E-state index contributed by atoms with van der Waals surface area (Å²) in [5.41, 5.74) is 2.58. The molecule has 3 N–H and O–H groups in total. The molecule has 0 spiro atoms. The van der Waals surface area contributed by atoms with E-state index in [0.717, 1.165) is 16.9 Å². The van der Waals surface area contributed by atoms with Crippen LogP contribution in [0.2, 0.25) is 0 Å². The fourth-order valence-corrected chi connectivity index (χ4v) is 2.08. The van der Waals surface area contributed by atoms with Crippen molar-refractivity contribution in [3.05, 3.63) is 54.1 Å². The first kappa shape index (κ1) is 10.7. The average molecular weight is 240 g/mol. The van der Waals surface area contributed by atoms with E-state index in [9.17, 15) is 9.90 Å². The fraction of sp³-hybridized carbons (Fsp3) is 0.0714. The van der Waals surface area contributed by atoms with Gasteiger partial charge in [0.25, 0.3) is 5.91 Å². The average Bonchev–Trinajstić information content (AvgIpc) is 2.69. The van der Waals surface area contributed by atoms with Crippen molar-refractivity contribution in [2.45, 2.75) is 6.04 Å². The molecule has 0 radical (unpaired) electrons. The number of hydrogen-bond acceptors (Lipinski definition) is 3. The molecule has 1 atom stereocenters. The van der Waals surface area contributed by atoms with Crippen molar-refractivity contribution in [2.24, 2.45) is 0 Å². The third kappa shape index (κ3) is 1.78. The number of hydrogen-bond donors (Lipinski definition) is 3. The largest absolute Gasteiger partial charge is 0.508 e. The van der Waals surface area contributed by atoms with E-state index in [4.69, 9.17) is 0 Å². The second-order valence-corrected chi connectivity index (χ2v) is 4.20. The highest BCUT2D eigenvalue weighted by Gasteiger charge is 2.29. The fourth-order valence-electron chi connectivity index (χ4n) is 2.08. The van der Waals surface area contributed by atoms with Gasteiger partial charge in [-0.05, 0) is 30.3 Å². The number of para-hydroxylation sites is 1. The minimum Gasteiger partial charge on any atom is -0.508 e. The molecule has 4 nitrogen and oxygen atoms in total. The summed E-state index contributed by atoms with van der Waals surface area (Å²) in [6.07, 6.45) is 0. The first-order valence-electron chi connectivity index (χ1n) is 5.69. The summed E-state index contributed by atoms with van der Waals surface area (Å²) >= 11 is 0. The molecule has 18 heavy (non-hydrogen) atoms. The lowest BCUT2D eigenvalue weighted by atomic mass is 10.1. The van der Waals surface area contributed by atoms with Crippen LogP contribution in [0.5, 0.6) is 5.75 Å². The van der Waals surface area contributed by atoms with Gasteiger partial charge in [0.05, 0.1) is 0 Å². The standard InChI is InChI=1S/C14H12N2O2/c17-10-7-5-9(6-8-10)15-13-11-3-1-2-4-12(11)16-14(13)18/h1-8,13,15,17H,(H,16,18). The van der Waals surface area contributed by atoms with Crippen molar-refractivity contribution in [1.82, 2.24) is 0 Å². The number of rotatable bonds is 2. The van der Waals surface area contributed by atoms with E-state index in [0.29, 0.717) is 0 Å². The number of aromatic hydroxyl groups is 1. The number of benzene rings is 2. The second-order valence-electron chi connectivity index (χ2n) is 4.20. The quantitative estimate of drug-likeness (QED) is 0.707. The van der Waals surface area contributed by atoms with E-state index in [1.807, 2.05) is 24.3 Å². The molecule has 2 aromatic carbocycles. The Kier molecular flexibility index (Phi) is 2.41. The normalized spacial score (nSPS) is 17.1. The molecule has 1 aliphatic heterocycles. The topological polar surface area (TPSA) is 61.4 Å². The van der Waals surface area contributed by atoms with Crippen molar-refractivity contribution in [2.75, 3.05) is 10.6 Å². The molecule has 0 bridgehead atoms. The maximum Gasteiger partial charge on any atom is 0.251 e. The SMILES string of the molecule is O=C1Nc2ccccc2C1Nc1ccc(O)cc1. The Morgan fingerprint density at radius 2 is 1.78 bits per heavy atom. The molecule has 1 heterocycles. The van der Waals surface area contributed by atoms with Crippen LogP contribution in [-0.2, 0) is 4.79 Å². The Balaban J connectivity index is 1.89. The summed E-state index contributed by atoms with van der Waals surface area (Å²) in [6, 6.07) is 13.9. The third-order valence-electron chi connectivity index (χ3n) is 2.97. The van der Waals surface area contributed by atoms with Crippen LogP contribution in [0.1, 0.15) is 11.6 Å². The predicted octanol–water partition coefficient (Wildman–Crippen LogP) is 2.50. The highest BCUT2D eigenvalue weighted by atomic mass is 16.3. The number of amides is 1. The molecule has 1 amide bonds. The van der Waals surface area contributed by atoms with Crippen LogP contribution in [-0.4, -0.2) is 11.0 Å². The molecule has 1 unspecified atom stereocenters. The summed E-state index contributed by atoms with van der Waals surface area (Å²) in [4.78, 5) is 11.9. The van der Waals surface area contributed by atoms with Gasteiger partial charge in [0.1, 0.15) is 11.8 Å². The third-order valence-corrected chi connectivity index (χ3v) is 2.97. The zero-order chi connectivity index (χ0) is 12.5. The smallest absolute Gasteiger partial charge is 0.251 e. The zero-order valence-electron chi connectivity index (χ0n) is 9.55. The number of carbonyl (C=O) groups excluding carboxylic acids is 1. The lowest BCUT2D eigenvalue weighted by Gasteiger charge is -2.12. The van der Waals surface area contributed by atoms with Crippen LogP contribution < -0.4 is 10.6 Å². The molecule has 0 aromatic heterocycles. The maximum atomic E-state index is 11.9. The Morgan fingerprint density at radius 3 is 2.56 bits per heavy atom. The molecule has 90 valence electrons. The van der Waals surface area contributed by atoms with Crippen LogP contribution in [0.15, 0.2) is 48.5 Å². The van der Waals surface area contributed by atoms with E-state index < -0.39 is 0 Å². The highest BCUT2D eigenvalue weighted by Crippen LogP contribution is 2.32. The van der Waals surface area contributed by atoms with Crippen LogP contribution in [0, 0.1) is 0 Å². The van der Waals surface area contributed by atoms with Gasteiger partial charge < -0.3 is 15.7 Å². The van der Waals surface area contributed by atoms with Gasteiger partial charge in [-0.3, -0.25) is 4.79 Å². The van der Waals surface area contributed by atoms with Gasteiger partial charge in [-0.2, -0.15) is 0 Å². The van der Waals surface area contributed by atoms with Crippen LogP contribution in [0.3, 0.4) is 0 Å². The van der Waals surface area contributed by atoms with E-state index in [2.05, 4.69) is 10.6 Å². The molecule has 4 heteroatoms. The lowest BCUT2D eigenvalue weighted by Crippen LogP contribution is -2.19. The summed E-state index contributed by atoms with van der Waals surface area (Å²) < 4.78 is 0. The van der Waals surface area contributed by atoms with Gasteiger partial charge in [-0.15, -0.1) is 0 Å². The Hall–Kier alpha value is -2.49. The Bertz CT molecular complexity index is 593. The van der Waals surface area contributed by atoms with Gasteiger partial charge in [0, 0.05) is 16.9 Å². The molecule has 0 aliphatic carbocycles. The summed E-state index contributed by atoms with van der Waals surface area (Å²) in [7, 11) is 0. The zero-order valence-corrected chi connectivity index (χ0v) is 9.55. The van der Waals surface area contributed by atoms with Crippen molar-refractivity contribution in [1.29, 1.82) is 0 Å². The monoisotopic (exact) mass is 240 g/mol.